The molecule has 0 saturated heterocycles. The number of nitrogens with one attached hydrogen (secondary N) is 1. The van der Waals surface area contributed by atoms with E-state index in [4.69, 9.17) is 19.7 Å². The Kier molecular flexibility index (Phi) is 13.2. The van der Waals surface area contributed by atoms with Crippen LogP contribution in [-0.2, 0) is 34.0 Å². The number of hydrogen-bond donors (Lipinski definition) is 1. The summed E-state index contributed by atoms with van der Waals surface area (Å²) in [5, 5.41) is 0. The Morgan fingerprint density at radius 1 is 0.426 bits per heavy atom. The number of ether oxygens (including phenoxy) is 3. The maximum Gasteiger partial charge on any atom is 0.379 e. The average Bonchev–Trinajstić information content (AvgIpc) is 3.23. The van der Waals surface area contributed by atoms with Crippen molar-refractivity contribution in [3.8, 4) is 0 Å². The second-order valence-electron chi connectivity index (χ2n) is 12.5. The lowest BCUT2D eigenvalue weighted by molar-refractivity contribution is -0.117. The molecule has 0 unspecified atom stereocenters. The molecule has 6 aromatic rings. The van der Waals surface area contributed by atoms with Crippen LogP contribution in [0.4, 0.5) is 0 Å². The van der Waals surface area contributed by atoms with Gasteiger partial charge >= 0.3 is 17.1 Å². The summed E-state index contributed by atoms with van der Waals surface area (Å²) in [4.78, 5) is 10.8. The van der Waals surface area contributed by atoms with E-state index in [0.717, 1.165) is 50.1 Å². The second kappa shape index (κ2) is 19.3. The van der Waals surface area contributed by atoms with E-state index in [0.29, 0.717) is 50.2 Å². The zero-order valence-electron chi connectivity index (χ0n) is 29.7. The van der Waals surface area contributed by atoms with Crippen molar-refractivity contribution in [3.05, 3.63) is 225 Å². The fraction of sp³-hybridized carbons (Fsp3) is 0.133. The zero-order valence-corrected chi connectivity index (χ0v) is 29.7. The molecule has 266 valence electrons. The molecular formula is C45H39N6O3+. The molecule has 9 heteroatoms. The lowest BCUT2D eigenvalue weighted by atomic mass is 10.0. The molecule has 0 saturated carbocycles. The van der Waals surface area contributed by atoms with Crippen LogP contribution in [0.5, 0.6) is 0 Å². The highest BCUT2D eigenvalue weighted by Gasteiger charge is 2.19. The zero-order chi connectivity index (χ0) is 37.4. The van der Waals surface area contributed by atoms with Gasteiger partial charge in [0.2, 0.25) is 0 Å². The maximum absolute atomic E-state index is 9.68. The van der Waals surface area contributed by atoms with E-state index in [1.165, 1.54) is 0 Å². The van der Waals surface area contributed by atoms with Crippen molar-refractivity contribution < 1.29 is 28.6 Å². The van der Waals surface area contributed by atoms with Crippen molar-refractivity contribution in [3.63, 3.8) is 0 Å². The molecule has 9 nitrogen and oxygen atoms in total. The molecule has 0 atom stereocenters. The van der Waals surface area contributed by atoms with Crippen LogP contribution >= 0.6 is 0 Å². The summed E-state index contributed by atoms with van der Waals surface area (Å²) in [5.74, 6) is 0. The summed E-state index contributed by atoms with van der Waals surface area (Å²) in [6.07, 6.45) is -0.365. The van der Waals surface area contributed by atoms with Gasteiger partial charge in [-0.05, 0) is 89.5 Å². The first-order valence-electron chi connectivity index (χ1n) is 17.5. The van der Waals surface area contributed by atoms with Gasteiger partial charge in [0.15, 0.2) is 0 Å². The highest BCUT2D eigenvalue weighted by atomic mass is 16.6. The van der Waals surface area contributed by atoms with Gasteiger partial charge in [-0.25, -0.2) is 0 Å². The molecule has 0 fully saturated rings. The summed E-state index contributed by atoms with van der Waals surface area (Å²) < 4.78 is 18.6. The number of nitrogens with zero attached hydrogens (tertiary/aromatic N) is 5. The van der Waals surface area contributed by atoms with Gasteiger partial charge in [0.1, 0.15) is 6.10 Å². The van der Waals surface area contributed by atoms with Crippen LogP contribution in [0.3, 0.4) is 0 Å². The molecule has 0 aromatic heterocycles. The summed E-state index contributed by atoms with van der Waals surface area (Å²) >= 11 is 0. The molecule has 0 aliphatic heterocycles. The van der Waals surface area contributed by atoms with Gasteiger partial charge in [-0.1, -0.05) is 91.0 Å². The Hall–Kier alpha value is -6.66. The smallest absolute Gasteiger partial charge is 0.374 e. The van der Waals surface area contributed by atoms with Gasteiger partial charge in [-0.15, -0.1) is 0 Å². The molecule has 0 bridgehead atoms. The van der Waals surface area contributed by atoms with Crippen molar-refractivity contribution in [1.29, 1.82) is 5.53 Å². The van der Waals surface area contributed by atoms with E-state index in [1.54, 1.807) is 0 Å². The third-order valence-corrected chi connectivity index (χ3v) is 8.77. The lowest BCUT2D eigenvalue weighted by Crippen LogP contribution is -2.25. The van der Waals surface area contributed by atoms with Crippen LogP contribution in [0.15, 0.2) is 164 Å². The average molecular weight is 712 g/mol. The molecule has 0 aliphatic rings. The van der Waals surface area contributed by atoms with Gasteiger partial charge in [0.05, 0.1) is 76.7 Å². The topological polar surface area (TPSA) is 138 Å². The normalized spacial score (nSPS) is 11.1. The summed E-state index contributed by atoms with van der Waals surface area (Å²) in [6, 6.07) is 52.1. The molecule has 0 spiro atoms. The van der Waals surface area contributed by atoms with E-state index in [9.17, 15) is 11.1 Å². The monoisotopic (exact) mass is 711 g/mol. The molecule has 1 N–H and O–H groups in total. The fourth-order valence-corrected chi connectivity index (χ4v) is 5.90. The predicted octanol–water partition coefficient (Wildman–Crippen LogP) is 8.22. The third kappa shape index (κ3) is 10.0. The molecule has 0 amide bonds. The quantitative estimate of drug-likeness (QED) is 0.0580. The van der Waals surface area contributed by atoms with Crippen LogP contribution in [0, 0.1) is 5.53 Å². The lowest BCUT2D eigenvalue weighted by Gasteiger charge is -2.19. The Balaban J connectivity index is 1.08. The minimum atomic E-state index is -0.365. The highest BCUT2D eigenvalue weighted by Crippen LogP contribution is 2.16. The molecular weight excluding hydrogens is 673 g/mol. The molecule has 54 heavy (non-hydrogen) atoms. The third-order valence-electron chi connectivity index (χ3n) is 8.77. The van der Waals surface area contributed by atoms with Gasteiger partial charge in [-0.3, -0.25) is 0 Å². The summed E-state index contributed by atoms with van der Waals surface area (Å²) in [6.45, 7) is 1.65. The van der Waals surface area contributed by atoms with Crippen molar-refractivity contribution in [1.82, 2.24) is 0 Å². The SMILES string of the molecule is [N-]=[N+]=C(c1ccccc1)c1ccc(COCC(COCc2ccc(C(=[N+]=[N-])c3ccccc3)cc2)OCc2ccc(C(=[N+]=N)c3ccccc3)cc2)cc1. The van der Waals surface area contributed by atoms with E-state index < -0.39 is 0 Å². The first-order chi connectivity index (χ1) is 26.6. The van der Waals surface area contributed by atoms with Gasteiger partial charge < -0.3 is 25.3 Å². The highest BCUT2D eigenvalue weighted by molar-refractivity contribution is 6.10. The van der Waals surface area contributed by atoms with Crippen LogP contribution in [0.1, 0.15) is 50.1 Å². The predicted molar refractivity (Wildman–Crippen MR) is 206 cm³/mol. The van der Waals surface area contributed by atoms with E-state index in [-0.39, 0.29) is 6.10 Å². The van der Waals surface area contributed by atoms with Gasteiger partial charge in [0.25, 0.3) is 0 Å². The van der Waals surface area contributed by atoms with E-state index >= 15 is 0 Å². The Morgan fingerprint density at radius 2 is 0.741 bits per heavy atom. The van der Waals surface area contributed by atoms with Crippen molar-refractivity contribution >= 4 is 17.1 Å². The molecule has 6 rings (SSSR count). The summed E-state index contributed by atoms with van der Waals surface area (Å²) in [5.41, 5.74) is 36.5. The van der Waals surface area contributed by atoms with E-state index in [2.05, 4.69) is 14.4 Å². The van der Waals surface area contributed by atoms with E-state index in [1.807, 2.05) is 164 Å². The summed E-state index contributed by atoms with van der Waals surface area (Å²) in [7, 11) is 0. The van der Waals surface area contributed by atoms with Crippen molar-refractivity contribution in [2.24, 2.45) is 0 Å². The Labute approximate surface area is 314 Å². The molecule has 6 aromatic carbocycles. The molecule has 0 heterocycles. The van der Waals surface area contributed by atoms with Gasteiger partial charge in [0, 0.05) is 0 Å². The van der Waals surface area contributed by atoms with Crippen LogP contribution in [0.25, 0.3) is 11.1 Å². The van der Waals surface area contributed by atoms with Gasteiger partial charge in [-0.2, -0.15) is 9.58 Å². The minimum absolute atomic E-state index is 0.295. The van der Waals surface area contributed by atoms with Crippen molar-refractivity contribution in [2.45, 2.75) is 25.9 Å². The first-order valence-corrected chi connectivity index (χ1v) is 17.5. The number of hydrogen-bond acceptors (Lipinski definition) is 4. The minimum Gasteiger partial charge on any atom is -0.374 e. The largest absolute Gasteiger partial charge is 0.379 e. The molecule has 0 aliphatic carbocycles. The molecule has 0 radical (unpaired) electrons. The number of rotatable bonds is 17. The van der Waals surface area contributed by atoms with Crippen LogP contribution in [-0.4, -0.2) is 50.8 Å². The maximum atomic E-state index is 9.68. The Morgan fingerprint density at radius 3 is 1.09 bits per heavy atom. The van der Waals surface area contributed by atoms with Crippen LogP contribution in [0.2, 0.25) is 0 Å². The number of benzene rings is 6. The standard InChI is InChI=1S/C45H39N6O3/c46-49-43(36-10-4-1-5-11-36)39-22-16-33(17-23-39)28-52-31-42(54-30-35-20-26-41(27-21-35)45(51-48)38-14-8-3-9-15-38)32-53-29-34-18-24-40(25-19-34)44(50-47)37-12-6-2-7-13-37/h1-27,42,48H,28-32H2/q+1. The first kappa shape index (κ1) is 37.1. The fourth-order valence-electron chi connectivity index (χ4n) is 5.90. The Bertz CT molecular complexity index is 2150. The van der Waals surface area contributed by atoms with Crippen LogP contribution < -0.4 is 0 Å². The second-order valence-corrected chi connectivity index (χ2v) is 12.5. The van der Waals surface area contributed by atoms with Crippen molar-refractivity contribution in [2.75, 3.05) is 13.2 Å².